The third kappa shape index (κ3) is 12.8. The molecule has 4 aromatic carbocycles. The van der Waals surface area contributed by atoms with Crippen LogP contribution in [0.1, 0.15) is 94.2 Å². The van der Waals surface area contributed by atoms with Crippen LogP contribution in [0, 0.1) is 11.6 Å². The molecule has 10 heterocycles. The molecule has 95 heavy (non-hydrogen) atoms. The highest BCUT2D eigenvalue weighted by Gasteiger charge is 2.38. The van der Waals surface area contributed by atoms with Crippen LogP contribution in [0.3, 0.4) is 0 Å². The Bertz CT molecular complexity index is 5500. The van der Waals surface area contributed by atoms with E-state index >= 15 is 4.39 Å². The number of nitrogens with zero attached hydrogens (tertiary/aromatic N) is 7. The lowest BCUT2D eigenvalue weighted by Gasteiger charge is -2.27. The van der Waals surface area contributed by atoms with Gasteiger partial charge in [0.2, 0.25) is 11.4 Å². The van der Waals surface area contributed by atoms with E-state index in [2.05, 4.69) is 39.6 Å². The highest BCUT2D eigenvalue weighted by atomic mass is 79.9. The van der Waals surface area contributed by atoms with E-state index in [0.29, 0.717) is 86.3 Å². The highest BCUT2D eigenvalue weighted by molar-refractivity contribution is 9.08. The summed E-state index contributed by atoms with van der Waals surface area (Å²) >= 11 is 5.72. The van der Waals surface area contributed by atoms with Gasteiger partial charge in [0.25, 0.3) is 0 Å². The van der Waals surface area contributed by atoms with E-state index in [1.807, 2.05) is 24.3 Å². The molecule has 1 N–H and O–H groups in total. The van der Waals surface area contributed by atoms with Crippen LogP contribution in [0.15, 0.2) is 137 Å². The number of carbonyl (C=O) groups excluding carboxylic acids is 4. The summed E-state index contributed by atoms with van der Waals surface area (Å²) < 4.78 is 85.5. The quantitative estimate of drug-likeness (QED) is 0.124. The molecule has 0 aliphatic rings. The van der Waals surface area contributed by atoms with E-state index in [1.54, 1.807) is 142 Å². The number of rotatable bonds is 5. The molecule has 0 spiro atoms. The molecular weight excluding hydrogens is 1330 g/mol. The lowest BCUT2D eigenvalue weighted by Crippen LogP contribution is -2.44. The minimum atomic E-state index is -0.942. The van der Waals surface area contributed by atoms with Crippen LogP contribution in [0.5, 0.6) is 0 Å². The van der Waals surface area contributed by atoms with Crippen LogP contribution in [-0.2, 0) is 30.8 Å². The first-order valence-electron chi connectivity index (χ1n) is 29.5. The molecule has 22 nitrogen and oxygen atoms in total. The van der Waals surface area contributed by atoms with Gasteiger partial charge in [-0.2, -0.15) is 18.5 Å². The highest BCUT2D eigenvalue weighted by Crippen LogP contribution is 2.42. The Kier molecular flexibility index (Phi) is 16.6. The monoisotopic (exact) mass is 1390 g/mol. The van der Waals surface area contributed by atoms with Crippen molar-refractivity contribution < 1.29 is 64.6 Å². The van der Waals surface area contributed by atoms with E-state index in [-0.39, 0.29) is 46.0 Å². The van der Waals surface area contributed by atoms with E-state index < -0.39 is 69.7 Å². The van der Waals surface area contributed by atoms with Gasteiger partial charge in [-0.25, -0.2) is 47.5 Å². The maximum Gasteiger partial charge on any atom is 0.425 e. The second-order valence-corrected chi connectivity index (χ2v) is 28.1. The van der Waals surface area contributed by atoms with Crippen molar-refractivity contribution in [3.63, 3.8) is 0 Å². The van der Waals surface area contributed by atoms with Crippen LogP contribution < -0.4 is 21.1 Å². The fourth-order valence-corrected chi connectivity index (χ4v) is 12.5. The first kappa shape index (κ1) is 65.0. The molecule has 0 atom stereocenters. The average Bonchev–Trinajstić information content (AvgIpc) is 1.57. The summed E-state index contributed by atoms with van der Waals surface area (Å²) in [5.41, 5.74) is -0.385. The number of aromatic nitrogens is 6. The van der Waals surface area contributed by atoms with Gasteiger partial charge >= 0.3 is 35.6 Å². The second kappa shape index (κ2) is 24.3. The van der Waals surface area contributed by atoms with E-state index in [1.165, 1.54) is 42.4 Å². The zero-order valence-electron chi connectivity index (χ0n) is 53.1. The third-order valence-electron chi connectivity index (χ3n) is 14.3. The molecule has 14 aromatic rings. The predicted octanol–water partition coefficient (Wildman–Crippen LogP) is 18.1. The number of anilines is 2. The Hall–Kier alpha value is -10.1. The Morgan fingerprint density at radius 1 is 0.547 bits per heavy atom. The standard InChI is InChI=1S/C34H29FN4O7S.C18H23BrN2O4S.C16H7FN2O3/c1-33(2,3)45-31(41)39(32(42)46-34(4,5)6)28-20-14-17(9-10-23(20)47-37-28)16-38-22-15-21(35)18-11-13-43-27(18)25(22)24-19-8-7-12-36-29(19)44-30(40)26(24)38;1-17(2,3)24-15(22)21(16(23)25-18(4,5)6)14-12-9-11(10-19)7-8-13(12)26-20-14;17-9-6-10-12(14-7(9)3-5-21-14)11-8-2-1-4-18-15(8)22-16(20)13(11)19-10/h7-15H,16H2,1-6H3;7-9H,10H2,1-6H3;1-6,19H. The van der Waals surface area contributed by atoms with E-state index in [9.17, 15) is 33.2 Å². The molecule has 0 aliphatic heterocycles. The molecule has 10 aromatic heterocycles. The summed E-state index contributed by atoms with van der Waals surface area (Å²) in [5, 5.41) is 6.09. The number of furan rings is 2. The summed E-state index contributed by atoms with van der Waals surface area (Å²) in [4.78, 5) is 90.9. The van der Waals surface area contributed by atoms with Crippen molar-refractivity contribution in [2.24, 2.45) is 0 Å². The molecule has 0 aliphatic carbocycles. The zero-order chi connectivity index (χ0) is 68.0. The van der Waals surface area contributed by atoms with Gasteiger partial charge in [0.15, 0.2) is 11.6 Å². The van der Waals surface area contributed by atoms with Gasteiger partial charge in [0.05, 0.1) is 54.5 Å². The molecule has 0 saturated carbocycles. The van der Waals surface area contributed by atoms with Crippen molar-refractivity contribution in [1.82, 2.24) is 28.3 Å². The van der Waals surface area contributed by atoms with Crippen LogP contribution in [-0.4, -0.2) is 75.0 Å². The number of halogens is 3. The zero-order valence-corrected chi connectivity index (χ0v) is 56.3. The number of imide groups is 2. The number of H-pyrrole nitrogens is 1. The number of benzene rings is 4. The van der Waals surface area contributed by atoms with Crippen molar-refractivity contribution in [1.29, 1.82) is 0 Å². The van der Waals surface area contributed by atoms with Gasteiger partial charge in [-0.15, -0.1) is 0 Å². The average molecular weight is 1390 g/mol. The first-order valence-corrected chi connectivity index (χ1v) is 32.1. The molecule has 0 radical (unpaired) electrons. The first-order chi connectivity index (χ1) is 44.8. The minimum Gasteiger partial charge on any atom is -0.463 e. The number of fused-ring (bicyclic) bond motifs is 16. The Morgan fingerprint density at radius 3 is 1.49 bits per heavy atom. The maximum atomic E-state index is 15.4. The van der Waals surface area contributed by atoms with Crippen LogP contribution >= 0.6 is 39.0 Å². The van der Waals surface area contributed by atoms with Crippen molar-refractivity contribution >= 4 is 183 Å². The summed E-state index contributed by atoms with van der Waals surface area (Å²) in [5.74, 6) is -0.661. The Labute approximate surface area is 553 Å². The fourth-order valence-electron chi connectivity index (χ4n) is 10.7. The van der Waals surface area contributed by atoms with Gasteiger partial charge in [0, 0.05) is 56.6 Å². The fraction of sp³-hybridized carbons (Fsp3) is 0.265. The van der Waals surface area contributed by atoms with Crippen LogP contribution in [0.4, 0.5) is 39.6 Å². The van der Waals surface area contributed by atoms with Crippen molar-refractivity contribution in [3.8, 4) is 0 Å². The number of aromatic amines is 1. The number of carbonyl (C=O) groups is 4. The lowest BCUT2D eigenvalue weighted by molar-refractivity contribution is 0.0407. The van der Waals surface area contributed by atoms with Crippen LogP contribution in [0.2, 0.25) is 0 Å². The summed E-state index contributed by atoms with van der Waals surface area (Å²) in [6.07, 6.45) is 2.39. The van der Waals surface area contributed by atoms with Crippen LogP contribution in [0.25, 0.3) is 108 Å². The second-order valence-electron chi connectivity index (χ2n) is 25.9. The third-order valence-corrected chi connectivity index (χ3v) is 16.6. The number of pyridine rings is 2. The smallest absolute Gasteiger partial charge is 0.425 e. The number of alkyl halides is 1. The van der Waals surface area contributed by atoms with Crippen molar-refractivity contribution in [2.45, 2.75) is 117 Å². The van der Waals surface area contributed by atoms with Gasteiger partial charge in [-0.1, -0.05) is 28.1 Å². The van der Waals surface area contributed by atoms with Gasteiger partial charge in [-0.05, 0) is 190 Å². The predicted molar refractivity (Wildman–Crippen MR) is 363 cm³/mol. The normalized spacial score (nSPS) is 12.3. The molecule has 14 rings (SSSR count). The number of ether oxygens (including phenoxy) is 4. The topological polar surface area (TPSA) is 271 Å². The van der Waals surface area contributed by atoms with Gasteiger partial charge < -0.3 is 46.2 Å². The Morgan fingerprint density at radius 2 is 1.00 bits per heavy atom. The molecule has 0 saturated heterocycles. The molecular formula is C68H59BrF2N8O14S2. The molecule has 0 fully saturated rings. The summed E-state index contributed by atoms with van der Waals surface area (Å²) in [7, 11) is 0. The number of hydrogen-bond acceptors (Lipinski definition) is 20. The van der Waals surface area contributed by atoms with E-state index in [0.717, 1.165) is 31.6 Å². The summed E-state index contributed by atoms with van der Waals surface area (Å²) in [6.45, 7) is 20.7. The lowest BCUT2D eigenvalue weighted by atomic mass is 10.1. The largest absolute Gasteiger partial charge is 0.463 e. The van der Waals surface area contributed by atoms with Gasteiger partial charge in [-0.3, -0.25) is 0 Å². The molecule has 4 amide bonds. The van der Waals surface area contributed by atoms with Crippen molar-refractivity contribution in [2.75, 3.05) is 9.80 Å². The van der Waals surface area contributed by atoms with Gasteiger partial charge in [0.1, 0.15) is 56.2 Å². The summed E-state index contributed by atoms with van der Waals surface area (Å²) in [6, 6.07) is 24.1. The minimum absolute atomic E-state index is 0.0393. The molecule has 488 valence electrons. The molecule has 27 heteroatoms. The number of nitrogens with one attached hydrogen (secondary N) is 1. The number of amides is 4. The molecule has 0 unspecified atom stereocenters. The number of hydrogen-bond donors (Lipinski definition) is 1. The SMILES string of the molecule is CC(C)(C)OC(=O)N(C(=O)OC(C)(C)C)c1nsc2ccc(CBr)cc12.CC(C)(C)OC(=O)N(C(=O)OC(C)(C)C)c1nsc2ccc(Cn3c4cc(F)c5ccoc5c4c4c5cccnc5oc(=O)c43)cc12.O=c1oc2ncccc2c2c1[nH]c1cc(F)c3ccoc3c12. The van der Waals surface area contributed by atoms with E-state index in [4.69, 9.17) is 36.6 Å². The molecule has 0 bridgehead atoms. The van der Waals surface area contributed by atoms with Crippen molar-refractivity contribution in [3.05, 3.63) is 153 Å². The maximum absolute atomic E-state index is 15.4. The Balaban J connectivity index is 0.000000151.